The molecule has 0 aliphatic carbocycles. The van der Waals surface area contributed by atoms with Crippen LogP contribution in [0.25, 0.3) is 0 Å². The summed E-state index contributed by atoms with van der Waals surface area (Å²) in [6.45, 7) is 4.01. The number of hydrazine groups is 1. The molecule has 0 fully saturated rings. The Kier molecular flexibility index (Phi) is 4.69. The second-order valence-corrected chi connectivity index (χ2v) is 5.24. The normalized spacial score (nSPS) is 12.9. The van der Waals surface area contributed by atoms with Crippen LogP contribution in [0.3, 0.4) is 0 Å². The second-order valence-electron chi connectivity index (χ2n) is 4.80. The van der Waals surface area contributed by atoms with Crippen molar-refractivity contribution in [2.45, 2.75) is 32.4 Å². The molecule has 0 radical (unpaired) electrons. The summed E-state index contributed by atoms with van der Waals surface area (Å²) >= 11 is 5.91. The van der Waals surface area contributed by atoms with Gasteiger partial charge in [0.05, 0.1) is 6.04 Å². The molecule has 2 aromatic rings. The van der Waals surface area contributed by atoms with E-state index in [0.29, 0.717) is 17.0 Å². The van der Waals surface area contributed by atoms with E-state index in [4.69, 9.17) is 17.4 Å². The molecule has 1 aromatic carbocycles. The molecular weight excluding hydrogens is 281 g/mol. The first-order valence-electron chi connectivity index (χ1n) is 6.32. The van der Waals surface area contributed by atoms with Crippen molar-refractivity contribution in [1.82, 2.24) is 20.2 Å². The minimum absolute atomic E-state index is 0.176. The van der Waals surface area contributed by atoms with Gasteiger partial charge in [-0.3, -0.25) is 11.3 Å². The molecule has 5 nitrogen and oxygen atoms in total. The van der Waals surface area contributed by atoms with Gasteiger partial charge in [0.1, 0.15) is 18.0 Å². The predicted molar refractivity (Wildman–Crippen MR) is 75.6 cm³/mol. The molecular formula is C13H17ClFN5. The number of hydrogen-bond acceptors (Lipinski definition) is 4. The van der Waals surface area contributed by atoms with Gasteiger partial charge < -0.3 is 0 Å². The van der Waals surface area contributed by atoms with E-state index < -0.39 is 6.04 Å². The number of nitrogens with two attached hydrogens (primary N) is 1. The minimum atomic E-state index is -0.421. The number of benzene rings is 1. The topological polar surface area (TPSA) is 68.8 Å². The Bertz CT molecular complexity index is 584. The third-order valence-corrected chi connectivity index (χ3v) is 3.29. The van der Waals surface area contributed by atoms with Gasteiger partial charge in [-0.25, -0.2) is 14.1 Å². The predicted octanol–water partition coefficient (Wildman–Crippen LogP) is 2.40. The maximum Gasteiger partial charge on any atom is 0.138 e. The first-order valence-corrected chi connectivity index (χ1v) is 6.70. The summed E-state index contributed by atoms with van der Waals surface area (Å²) in [6, 6.07) is 4.16. The lowest BCUT2D eigenvalue weighted by molar-refractivity contribution is 0.457. The summed E-state index contributed by atoms with van der Waals surface area (Å²) in [7, 11) is 0. The summed E-state index contributed by atoms with van der Waals surface area (Å²) in [5, 5.41) is 4.62. The van der Waals surface area contributed by atoms with Crippen molar-refractivity contribution in [3.63, 3.8) is 0 Å². The lowest BCUT2D eigenvalue weighted by Crippen LogP contribution is -2.31. The van der Waals surface area contributed by atoms with Gasteiger partial charge >= 0.3 is 0 Å². The average molecular weight is 298 g/mol. The summed E-state index contributed by atoms with van der Waals surface area (Å²) in [6.07, 6.45) is 1.91. The summed E-state index contributed by atoms with van der Waals surface area (Å²) < 4.78 is 15.7. The first kappa shape index (κ1) is 14.9. The fourth-order valence-electron chi connectivity index (χ4n) is 2.07. The van der Waals surface area contributed by atoms with E-state index >= 15 is 0 Å². The summed E-state index contributed by atoms with van der Waals surface area (Å²) in [5.41, 5.74) is 3.03. The molecule has 0 aliphatic rings. The highest BCUT2D eigenvalue weighted by molar-refractivity contribution is 6.30. The molecule has 1 heterocycles. The Morgan fingerprint density at radius 3 is 2.85 bits per heavy atom. The van der Waals surface area contributed by atoms with E-state index in [1.165, 1.54) is 18.5 Å². The van der Waals surface area contributed by atoms with Crippen molar-refractivity contribution in [3.05, 3.63) is 46.8 Å². The Morgan fingerprint density at radius 1 is 1.45 bits per heavy atom. The van der Waals surface area contributed by atoms with Crippen LogP contribution in [0.15, 0.2) is 24.5 Å². The van der Waals surface area contributed by atoms with Crippen LogP contribution in [0.4, 0.5) is 4.39 Å². The van der Waals surface area contributed by atoms with Gasteiger partial charge in [-0.15, -0.1) is 0 Å². The van der Waals surface area contributed by atoms with Crippen LogP contribution < -0.4 is 11.3 Å². The monoisotopic (exact) mass is 297 g/mol. The van der Waals surface area contributed by atoms with E-state index in [9.17, 15) is 4.39 Å². The number of nitrogens with one attached hydrogen (secondary N) is 1. The molecule has 7 heteroatoms. The molecule has 0 aliphatic heterocycles. The molecule has 2 rings (SSSR count). The van der Waals surface area contributed by atoms with E-state index in [-0.39, 0.29) is 11.9 Å². The van der Waals surface area contributed by atoms with Crippen molar-refractivity contribution in [3.8, 4) is 0 Å². The van der Waals surface area contributed by atoms with Crippen molar-refractivity contribution in [2.24, 2.45) is 5.84 Å². The molecule has 1 unspecified atom stereocenters. The number of hydrogen-bond donors (Lipinski definition) is 2. The molecule has 0 bridgehead atoms. The van der Waals surface area contributed by atoms with Gasteiger partial charge in [0.15, 0.2) is 0 Å². The highest BCUT2D eigenvalue weighted by Gasteiger charge is 2.19. The molecule has 1 aromatic heterocycles. The number of nitrogens with zero attached hydrogens (tertiary/aromatic N) is 3. The molecule has 1 atom stereocenters. The smallest absolute Gasteiger partial charge is 0.138 e. The van der Waals surface area contributed by atoms with Gasteiger partial charge in [0.2, 0.25) is 0 Å². The fraction of sp³-hybridized carbons (Fsp3) is 0.385. The molecule has 0 spiro atoms. The van der Waals surface area contributed by atoms with E-state index in [1.54, 1.807) is 10.7 Å². The van der Waals surface area contributed by atoms with Gasteiger partial charge in [0, 0.05) is 23.0 Å². The molecule has 0 saturated carbocycles. The van der Waals surface area contributed by atoms with Crippen LogP contribution >= 0.6 is 11.6 Å². The van der Waals surface area contributed by atoms with Crippen LogP contribution in [0.1, 0.15) is 37.3 Å². The lowest BCUT2D eigenvalue weighted by Gasteiger charge is -2.18. The zero-order valence-electron chi connectivity index (χ0n) is 11.3. The van der Waals surface area contributed by atoms with E-state index in [2.05, 4.69) is 15.5 Å². The largest absolute Gasteiger partial charge is 0.271 e. The Balaban J connectivity index is 2.29. The summed E-state index contributed by atoms with van der Waals surface area (Å²) in [5.74, 6) is 5.93. The standard InChI is InChI=1S/C13H17ClFN5/c1-8(2)20-13(17-7-18-20)6-12(19-16)10-5-9(14)3-4-11(10)15/h3-5,7-8,12,19H,6,16H2,1-2H3. The van der Waals surface area contributed by atoms with Crippen LogP contribution in [0, 0.1) is 5.82 Å². The van der Waals surface area contributed by atoms with Crippen molar-refractivity contribution in [2.75, 3.05) is 0 Å². The maximum atomic E-state index is 13.9. The quantitative estimate of drug-likeness (QED) is 0.657. The Hall–Kier alpha value is -1.50. The van der Waals surface area contributed by atoms with Crippen LogP contribution in [-0.4, -0.2) is 14.8 Å². The molecule has 0 amide bonds. The third-order valence-electron chi connectivity index (χ3n) is 3.06. The van der Waals surface area contributed by atoms with Gasteiger partial charge in [-0.2, -0.15) is 5.10 Å². The lowest BCUT2D eigenvalue weighted by atomic mass is 10.0. The highest BCUT2D eigenvalue weighted by atomic mass is 35.5. The first-order chi connectivity index (χ1) is 9.52. The van der Waals surface area contributed by atoms with Crippen molar-refractivity contribution in [1.29, 1.82) is 0 Å². The van der Waals surface area contributed by atoms with Crippen molar-refractivity contribution >= 4 is 11.6 Å². The number of rotatable bonds is 5. The van der Waals surface area contributed by atoms with Crippen LogP contribution in [0.5, 0.6) is 0 Å². The fourth-order valence-corrected chi connectivity index (χ4v) is 2.25. The molecule has 3 N–H and O–H groups in total. The zero-order chi connectivity index (χ0) is 14.7. The Labute approximate surface area is 121 Å². The number of halogens is 2. The SMILES string of the molecule is CC(C)n1ncnc1CC(NN)c1cc(Cl)ccc1F. The maximum absolute atomic E-state index is 13.9. The number of aromatic nitrogens is 3. The van der Waals surface area contributed by atoms with E-state index in [0.717, 1.165) is 5.82 Å². The van der Waals surface area contributed by atoms with Gasteiger partial charge in [-0.1, -0.05) is 11.6 Å². The van der Waals surface area contributed by atoms with Crippen LogP contribution in [0.2, 0.25) is 5.02 Å². The van der Waals surface area contributed by atoms with Crippen molar-refractivity contribution < 1.29 is 4.39 Å². The second kappa shape index (κ2) is 6.30. The molecule has 108 valence electrons. The highest BCUT2D eigenvalue weighted by Crippen LogP contribution is 2.24. The molecule has 20 heavy (non-hydrogen) atoms. The molecule has 0 saturated heterocycles. The van der Waals surface area contributed by atoms with E-state index in [1.807, 2.05) is 13.8 Å². The minimum Gasteiger partial charge on any atom is -0.271 e. The van der Waals surface area contributed by atoms with Gasteiger partial charge in [-0.05, 0) is 32.0 Å². The zero-order valence-corrected chi connectivity index (χ0v) is 12.1. The third kappa shape index (κ3) is 3.15. The van der Waals surface area contributed by atoms with Crippen LogP contribution in [-0.2, 0) is 6.42 Å². The average Bonchev–Trinajstić information content (AvgIpc) is 2.87. The van der Waals surface area contributed by atoms with Gasteiger partial charge in [0.25, 0.3) is 0 Å². The Morgan fingerprint density at radius 2 is 2.20 bits per heavy atom. The summed E-state index contributed by atoms with van der Waals surface area (Å²) in [4.78, 5) is 4.20.